The molecule has 0 unspecified atom stereocenters. The van der Waals surface area contributed by atoms with E-state index in [0.717, 1.165) is 24.8 Å². The third kappa shape index (κ3) is 6.48. The van der Waals surface area contributed by atoms with Crippen LogP contribution in [0.3, 0.4) is 0 Å². The smallest absolute Gasteiger partial charge is 0.232 e. The number of aryl methyl sites for hydroxylation is 1. The molecule has 1 aromatic rings. The summed E-state index contributed by atoms with van der Waals surface area (Å²) >= 11 is 0. The van der Waals surface area contributed by atoms with E-state index in [0.29, 0.717) is 31.6 Å². The Balaban J connectivity index is 1.79. The molecule has 0 atom stereocenters. The highest BCUT2D eigenvalue weighted by molar-refractivity contribution is 7.92. The van der Waals surface area contributed by atoms with E-state index in [9.17, 15) is 13.2 Å². The topological polar surface area (TPSA) is 66.5 Å². The predicted molar refractivity (Wildman–Crippen MR) is 107 cm³/mol. The maximum absolute atomic E-state index is 12.1. The summed E-state index contributed by atoms with van der Waals surface area (Å²) in [4.78, 5) is 12.0. The Morgan fingerprint density at radius 1 is 1.23 bits per heavy atom. The quantitative estimate of drug-likeness (QED) is 0.668. The van der Waals surface area contributed by atoms with Crippen LogP contribution in [0.25, 0.3) is 0 Å². The number of carbonyl (C=O) groups is 1. The Morgan fingerprint density at radius 3 is 2.65 bits per heavy atom. The van der Waals surface area contributed by atoms with Gasteiger partial charge in [-0.15, -0.1) is 0 Å². The molecular formula is C20H30N2O3S. The highest BCUT2D eigenvalue weighted by Crippen LogP contribution is 2.22. The molecule has 6 heteroatoms. The minimum absolute atomic E-state index is 0.0142. The minimum Gasteiger partial charge on any atom is -0.356 e. The van der Waals surface area contributed by atoms with Crippen molar-refractivity contribution in [2.45, 2.75) is 51.9 Å². The normalized spacial score (nSPS) is 14.6. The molecule has 5 nitrogen and oxygen atoms in total. The minimum atomic E-state index is -3.38. The van der Waals surface area contributed by atoms with E-state index in [1.165, 1.54) is 29.0 Å². The number of hydrogen-bond acceptors (Lipinski definition) is 3. The van der Waals surface area contributed by atoms with Gasteiger partial charge in [0.15, 0.2) is 0 Å². The molecular weight excluding hydrogens is 348 g/mol. The summed E-state index contributed by atoms with van der Waals surface area (Å²) in [5, 5.41) is 2.95. The van der Waals surface area contributed by atoms with Crippen LogP contribution in [0.4, 0.5) is 5.69 Å². The predicted octanol–water partition coefficient (Wildman–Crippen LogP) is 3.55. The molecule has 0 spiro atoms. The van der Waals surface area contributed by atoms with Crippen molar-refractivity contribution < 1.29 is 13.2 Å². The van der Waals surface area contributed by atoms with Crippen molar-refractivity contribution in [1.82, 2.24) is 5.32 Å². The molecule has 0 saturated heterocycles. The van der Waals surface area contributed by atoms with Crippen LogP contribution in [0.15, 0.2) is 35.9 Å². The molecule has 0 aliphatic heterocycles. The summed E-state index contributed by atoms with van der Waals surface area (Å²) in [5.41, 5.74) is 3.03. The van der Waals surface area contributed by atoms with Crippen LogP contribution in [0.1, 0.15) is 50.5 Å². The Kier molecular flexibility index (Phi) is 7.69. The van der Waals surface area contributed by atoms with Gasteiger partial charge in [-0.25, -0.2) is 8.42 Å². The van der Waals surface area contributed by atoms with Crippen molar-refractivity contribution in [3.8, 4) is 0 Å². The standard InChI is InChI=1S/C20H30N2O3S/c1-17-9-6-7-12-19(17)22(26(2,24)25)16-8-13-20(23)21-15-14-18-10-4-3-5-11-18/h6-7,9-10,12H,3-5,8,11,13-16H2,1-2H3,(H,21,23). The Bertz CT molecular complexity index is 741. The lowest BCUT2D eigenvalue weighted by Crippen LogP contribution is -2.32. The van der Waals surface area contributed by atoms with Crippen molar-refractivity contribution in [3.63, 3.8) is 0 Å². The van der Waals surface area contributed by atoms with Gasteiger partial charge in [-0.2, -0.15) is 0 Å². The number of benzene rings is 1. The SMILES string of the molecule is Cc1ccccc1N(CCCC(=O)NCCC1=CCCCC1)S(C)(=O)=O. The Hall–Kier alpha value is -1.82. The number of hydrogen-bond donors (Lipinski definition) is 1. The van der Waals surface area contributed by atoms with Crippen molar-refractivity contribution in [1.29, 1.82) is 0 Å². The number of rotatable bonds is 9. The summed E-state index contributed by atoms with van der Waals surface area (Å²) in [6, 6.07) is 7.40. The Morgan fingerprint density at radius 2 is 2.00 bits per heavy atom. The molecule has 1 N–H and O–H groups in total. The van der Waals surface area contributed by atoms with Crippen LogP contribution < -0.4 is 9.62 Å². The highest BCUT2D eigenvalue weighted by Gasteiger charge is 2.19. The maximum Gasteiger partial charge on any atom is 0.232 e. The molecule has 144 valence electrons. The third-order valence-electron chi connectivity index (χ3n) is 4.70. The number of amides is 1. The number of nitrogens with one attached hydrogen (secondary N) is 1. The monoisotopic (exact) mass is 378 g/mol. The van der Waals surface area contributed by atoms with Crippen LogP contribution in [0.5, 0.6) is 0 Å². The van der Waals surface area contributed by atoms with Gasteiger partial charge in [0.2, 0.25) is 15.9 Å². The van der Waals surface area contributed by atoms with Gasteiger partial charge in [-0.1, -0.05) is 29.8 Å². The lowest BCUT2D eigenvalue weighted by Gasteiger charge is -2.24. The molecule has 1 aromatic carbocycles. The van der Waals surface area contributed by atoms with Crippen molar-refractivity contribution >= 4 is 21.6 Å². The molecule has 0 aromatic heterocycles. The second kappa shape index (κ2) is 9.76. The summed E-state index contributed by atoms with van der Waals surface area (Å²) in [6.45, 7) is 2.86. The zero-order valence-electron chi connectivity index (χ0n) is 15.8. The molecule has 0 saturated carbocycles. The van der Waals surface area contributed by atoms with E-state index in [1.807, 2.05) is 25.1 Å². The molecule has 1 amide bonds. The van der Waals surface area contributed by atoms with Gasteiger partial charge in [0, 0.05) is 19.5 Å². The van der Waals surface area contributed by atoms with Gasteiger partial charge in [-0.3, -0.25) is 9.10 Å². The van der Waals surface area contributed by atoms with Gasteiger partial charge < -0.3 is 5.32 Å². The average Bonchev–Trinajstić information content (AvgIpc) is 2.60. The molecule has 1 aliphatic carbocycles. The van der Waals surface area contributed by atoms with E-state index in [-0.39, 0.29) is 5.91 Å². The number of nitrogens with zero attached hydrogens (tertiary/aromatic N) is 1. The number of para-hydroxylation sites is 1. The zero-order valence-corrected chi connectivity index (χ0v) is 16.6. The van der Waals surface area contributed by atoms with Gasteiger partial charge in [0.25, 0.3) is 0 Å². The van der Waals surface area contributed by atoms with E-state index in [4.69, 9.17) is 0 Å². The van der Waals surface area contributed by atoms with Crippen molar-refractivity contribution in [2.75, 3.05) is 23.7 Å². The van der Waals surface area contributed by atoms with Gasteiger partial charge in [0.1, 0.15) is 0 Å². The molecule has 0 radical (unpaired) electrons. The fourth-order valence-corrected chi connectivity index (χ4v) is 4.30. The number of allylic oxidation sites excluding steroid dienone is 1. The van der Waals surface area contributed by atoms with Crippen molar-refractivity contribution in [2.24, 2.45) is 0 Å². The first kappa shape index (κ1) is 20.5. The first-order valence-corrected chi connectivity index (χ1v) is 11.2. The first-order chi connectivity index (χ1) is 12.4. The molecule has 0 heterocycles. The Labute approximate surface area is 157 Å². The molecule has 0 bridgehead atoms. The zero-order chi connectivity index (χ0) is 19.0. The van der Waals surface area contributed by atoms with Crippen molar-refractivity contribution in [3.05, 3.63) is 41.5 Å². The van der Waals surface area contributed by atoms with Gasteiger partial charge in [0.05, 0.1) is 11.9 Å². The lowest BCUT2D eigenvalue weighted by molar-refractivity contribution is -0.121. The van der Waals surface area contributed by atoms with E-state index in [1.54, 1.807) is 6.07 Å². The van der Waals surface area contributed by atoms with Gasteiger partial charge >= 0.3 is 0 Å². The summed E-state index contributed by atoms with van der Waals surface area (Å²) in [5.74, 6) is -0.0142. The fraction of sp³-hybridized carbons (Fsp3) is 0.550. The largest absolute Gasteiger partial charge is 0.356 e. The van der Waals surface area contributed by atoms with Gasteiger partial charge in [-0.05, 0) is 57.1 Å². The van der Waals surface area contributed by atoms with Crippen LogP contribution in [0.2, 0.25) is 0 Å². The third-order valence-corrected chi connectivity index (χ3v) is 5.88. The number of sulfonamides is 1. The maximum atomic E-state index is 12.1. The highest BCUT2D eigenvalue weighted by atomic mass is 32.2. The first-order valence-electron chi connectivity index (χ1n) is 9.36. The fourth-order valence-electron chi connectivity index (χ4n) is 3.27. The van der Waals surface area contributed by atoms with E-state index in [2.05, 4.69) is 11.4 Å². The van der Waals surface area contributed by atoms with Crippen LogP contribution in [0, 0.1) is 6.92 Å². The van der Waals surface area contributed by atoms with E-state index >= 15 is 0 Å². The number of carbonyl (C=O) groups excluding carboxylic acids is 1. The van der Waals surface area contributed by atoms with Crippen LogP contribution >= 0.6 is 0 Å². The molecule has 1 aliphatic rings. The summed E-state index contributed by atoms with van der Waals surface area (Å²) in [7, 11) is -3.38. The molecule has 26 heavy (non-hydrogen) atoms. The second-order valence-electron chi connectivity index (χ2n) is 6.93. The number of anilines is 1. The molecule has 0 fully saturated rings. The van der Waals surface area contributed by atoms with Crippen LogP contribution in [-0.4, -0.2) is 33.7 Å². The summed E-state index contributed by atoms with van der Waals surface area (Å²) < 4.78 is 25.6. The van der Waals surface area contributed by atoms with E-state index < -0.39 is 10.0 Å². The van der Waals surface area contributed by atoms with Crippen LogP contribution in [-0.2, 0) is 14.8 Å². The summed E-state index contributed by atoms with van der Waals surface area (Å²) in [6.07, 6.45) is 10.1. The average molecular weight is 379 g/mol. The molecule has 2 rings (SSSR count). The lowest BCUT2D eigenvalue weighted by atomic mass is 9.97. The second-order valence-corrected chi connectivity index (χ2v) is 8.84.